The molecule has 0 spiro atoms. The van der Waals surface area contributed by atoms with Crippen molar-refractivity contribution in [2.75, 3.05) is 20.2 Å². The number of alkyl halides is 3. The number of halogens is 3. The first-order valence-electron chi connectivity index (χ1n) is 12.5. The molecule has 0 aliphatic carbocycles. The van der Waals surface area contributed by atoms with Crippen molar-refractivity contribution >= 4 is 44.2 Å². The summed E-state index contributed by atoms with van der Waals surface area (Å²) in [6.45, 7) is 2.81. The Balaban J connectivity index is 0.000000470. The van der Waals surface area contributed by atoms with Gasteiger partial charge >= 0.3 is 12.1 Å². The lowest BCUT2D eigenvalue weighted by atomic mass is 10.0. The van der Waals surface area contributed by atoms with Gasteiger partial charge in [0.1, 0.15) is 10.3 Å². The number of pyridine rings is 1. The van der Waals surface area contributed by atoms with E-state index >= 15 is 0 Å². The first-order valence-corrected chi connectivity index (χ1v) is 13.3. The third-order valence-corrected chi connectivity index (χ3v) is 7.92. The molecule has 4 aromatic rings. The number of likely N-dealkylation sites (tertiary alicyclic amines) is 1. The number of nitrogens with zero attached hydrogens (tertiary/aromatic N) is 2. The van der Waals surface area contributed by atoms with Crippen molar-refractivity contribution < 1.29 is 32.6 Å². The van der Waals surface area contributed by atoms with E-state index in [1.807, 2.05) is 30.3 Å². The average molecular weight is 576 g/mol. The number of amides is 1. The van der Waals surface area contributed by atoms with E-state index in [2.05, 4.69) is 34.5 Å². The van der Waals surface area contributed by atoms with Gasteiger partial charge in [0, 0.05) is 38.1 Å². The lowest BCUT2D eigenvalue weighted by Gasteiger charge is -2.32. The third-order valence-electron chi connectivity index (χ3n) is 6.72. The summed E-state index contributed by atoms with van der Waals surface area (Å²) in [6, 6.07) is 18.3. The molecular formula is C28H28F3N3O5S. The van der Waals surface area contributed by atoms with Crippen molar-refractivity contribution in [1.29, 1.82) is 0 Å². The second kappa shape index (κ2) is 12.1. The van der Waals surface area contributed by atoms with Gasteiger partial charge < -0.3 is 19.7 Å². The molecule has 0 atom stereocenters. The minimum Gasteiger partial charge on any atom is -0.494 e. The second-order valence-corrected chi connectivity index (χ2v) is 10.4. The summed E-state index contributed by atoms with van der Waals surface area (Å²) >= 11 is 1.34. The highest BCUT2D eigenvalue weighted by atomic mass is 32.1. The first kappa shape index (κ1) is 29.1. The normalized spacial score (nSPS) is 14.5. The quantitative estimate of drug-likeness (QED) is 0.355. The van der Waals surface area contributed by atoms with Crippen LogP contribution in [0.2, 0.25) is 0 Å². The molecule has 0 unspecified atom stereocenters. The fourth-order valence-corrected chi connectivity index (χ4v) is 5.91. The number of carbonyl (C=O) groups is 2. The van der Waals surface area contributed by atoms with E-state index in [1.54, 1.807) is 11.6 Å². The number of aliphatic carboxylic acids is 1. The number of carbonyl (C=O) groups excluding carboxylic acids is 1. The number of ether oxygens (including phenoxy) is 1. The van der Waals surface area contributed by atoms with Crippen molar-refractivity contribution in [3.63, 3.8) is 0 Å². The number of carboxylic acids is 1. The number of benzene rings is 2. The average Bonchev–Trinajstić information content (AvgIpc) is 3.33. The Morgan fingerprint density at radius 3 is 2.27 bits per heavy atom. The fraction of sp³-hybridized carbons (Fsp3) is 0.321. The molecule has 8 nitrogen and oxygen atoms in total. The molecule has 12 heteroatoms. The zero-order valence-corrected chi connectivity index (χ0v) is 22.6. The van der Waals surface area contributed by atoms with Gasteiger partial charge in [-0.05, 0) is 24.5 Å². The first-order chi connectivity index (χ1) is 19.0. The summed E-state index contributed by atoms with van der Waals surface area (Å²) in [5, 5.41) is 11.7. The van der Waals surface area contributed by atoms with Gasteiger partial charge in [0.15, 0.2) is 5.75 Å². The lowest BCUT2D eigenvalue weighted by Crippen LogP contribution is -2.44. The summed E-state index contributed by atoms with van der Waals surface area (Å²) < 4.78 is 39.8. The molecule has 0 saturated carbocycles. The van der Waals surface area contributed by atoms with Crippen molar-refractivity contribution in [3.05, 3.63) is 75.4 Å². The summed E-state index contributed by atoms with van der Waals surface area (Å²) in [5.74, 6) is -2.55. The molecule has 1 fully saturated rings. The van der Waals surface area contributed by atoms with Crippen LogP contribution < -0.4 is 15.6 Å². The number of carboxylic acid groups (broad SMARTS) is 1. The fourth-order valence-electron chi connectivity index (χ4n) is 4.71. The summed E-state index contributed by atoms with van der Waals surface area (Å²) in [6.07, 6.45) is -3.28. The summed E-state index contributed by atoms with van der Waals surface area (Å²) in [7, 11) is 3.28. The Hall–Kier alpha value is -3.90. The van der Waals surface area contributed by atoms with Crippen molar-refractivity contribution in [2.24, 2.45) is 7.05 Å². The number of hydrogen-bond acceptors (Lipinski definition) is 6. The van der Waals surface area contributed by atoms with Crippen LogP contribution in [0.3, 0.4) is 0 Å². The molecule has 1 saturated heterocycles. The predicted molar refractivity (Wildman–Crippen MR) is 147 cm³/mol. The minimum atomic E-state index is -5.08. The third kappa shape index (κ3) is 6.28. The molecular weight excluding hydrogens is 547 g/mol. The number of nitrogens with one attached hydrogen (secondary N) is 1. The van der Waals surface area contributed by atoms with Crippen LogP contribution in [0.4, 0.5) is 13.2 Å². The number of piperidine rings is 1. The number of aryl methyl sites for hydroxylation is 1. The summed E-state index contributed by atoms with van der Waals surface area (Å²) in [5.41, 5.74) is 2.01. The van der Waals surface area contributed by atoms with Gasteiger partial charge in [-0.15, -0.1) is 11.3 Å². The van der Waals surface area contributed by atoms with E-state index in [9.17, 15) is 22.8 Å². The number of aromatic nitrogens is 1. The standard InChI is InChI=1S/C26H27N3O3S.C2HF3O2/c1-28-20-11-7-6-10-19(20)23-21(26(28)31)22(32-2)24(33-23)25(30)27-18-12-14-29(15-13-18)16-17-8-4-3-5-9-17;3-2(4,5)1(6)7/h3-11,18H,12-16H2,1-2H3,(H,27,30);(H,6,7). The van der Waals surface area contributed by atoms with Gasteiger partial charge in [0.25, 0.3) is 11.5 Å². The molecule has 40 heavy (non-hydrogen) atoms. The maximum Gasteiger partial charge on any atom is 0.490 e. The van der Waals surface area contributed by atoms with E-state index in [0.717, 1.165) is 48.1 Å². The Morgan fingerprint density at radius 2 is 1.68 bits per heavy atom. The van der Waals surface area contributed by atoms with E-state index in [0.29, 0.717) is 16.0 Å². The maximum absolute atomic E-state index is 13.3. The van der Waals surface area contributed by atoms with Crippen molar-refractivity contribution in [3.8, 4) is 5.75 Å². The predicted octanol–water partition coefficient (Wildman–Crippen LogP) is 4.79. The molecule has 2 N–H and O–H groups in total. The summed E-state index contributed by atoms with van der Waals surface area (Å²) in [4.78, 5) is 38.1. The number of hydrogen-bond donors (Lipinski definition) is 2. The number of rotatable bonds is 5. The van der Waals surface area contributed by atoms with E-state index in [-0.39, 0.29) is 17.5 Å². The Kier molecular flexibility index (Phi) is 8.79. The highest BCUT2D eigenvalue weighted by molar-refractivity contribution is 7.22. The van der Waals surface area contributed by atoms with Crippen LogP contribution in [0.25, 0.3) is 21.0 Å². The maximum atomic E-state index is 13.3. The Bertz CT molecular complexity index is 1580. The van der Waals surface area contributed by atoms with E-state index in [4.69, 9.17) is 14.6 Å². The number of fused-ring (bicyclic) bond motifs is 3. The molecule has 1 aliphatic rings. The number of methoxy groups -OCH3 is 1. The highest BCUT2D eigenvalue weighted by Crippen LogP contribution is 2.39. The largest absolute Gasteiger partial charge is 0.494 e. The topological polar surface area (TPSA) is 101 Å². The van der Waals surface area contributed by atoms with Crippen LogP contribution in [-0.4, -0.2) is 58.9 Å². The molecule has 1 aliphatic heterocycles. The second-order valence-electron chi connectivity index (χ2n) is 9.36. The van der Waals surface area contributed by atoms with Crippen molar-refractivity contribution in [2.45, 2.75) is 31.6 Å². The van der Waals surface area contributed by atoms with Gasteiger partial charge in [-0.1, -0.05) is 48.5 Å². The molecule has 2 aromatic carbocycles. The van der Waals surface area contributed by atoms with Crippen LogP contribution in [0, 0.1) is 0 Å². The highest BCUT2D eigenvalue weighted by Gasteiger charge is 2.38. The van der Waals surface area contributed by atoms with Gasteiger partial charge in [-0.25, -0.2) is 4.79 Å². The Morgan fingerprint density at radius 1 is 1.07 bits per heavy atom. The van der Waals surface area contributed by atoms with E-state index < -0.39 is 12.1 Å². The molecule has 3 heterocycles. The zero-order valence-electron chi connectivity index (χ0n) is 21.8. The van der Waals surface area contributed by atoms with Crippen LogP contribution in [0.5, 0.6) is 5.75 Å². The molecule has 5 rings (SSSR count). The number of thiophene rings is 1. The monoisotopic (exact) mass is 575 g/mol. The molecule has 1 amide bonds. The van der Waals surface area contributed by atoms with Gasteiger partial charge in [0.2, 0.25) is 0 Å². The minimum absolute atomic E-state index is 0.110. The van der Waals surface area contributed by atoms with Crippen LogP contribution in [0.15, 0.2) is 59.4 Å². The van der Waals surface area contributed by atoms with Crippen LogP contribution in [0.1, 0.15) is 28.1 Å². The zero-order chi connectivity index (χ0) is 29.0. The van der Waals surface area contributed by atoms with E-state index in [1.165, 1.54) is 24.0 Å². The number of para-hydroxylation sites is 1. The van der Waals surface area contributed by atoms with Crippen LogP contribution >= 0.6 is 11.3 Å². The van der Waals surface area contributed by atoms with Gasteiger partial charge in [0.05, 0.1) is 17.3 Å². The molecule has 212 valence electrons. The van der Waals surface area contributed by atoms with Gasteiger partial charge in [-0.3, -0.25) is 14.5 Å². The van der Waals surface area contributed by atoms with Crippen LogP contribution in [-0.2, 0) is 18.4 Å². The van der Waals surface area contributed by atoms with Gasteiger partial charge in [-0.2, -0.15) is 13.2 Å². The Labute approximate surface area is 231 Å². The molecule has 2 aromatic heterocycles. The lowest BCUT2D eigenvalue weighted by molar-refractivity contribution is -0.192. The smallest absolute Gasteiger partial charge is 0.490 e. The SMILES string of the molecule is COc1c(C(=O)NC2CCN(Cc3ccccc3)CC2)sc2c1c(=O)n(C)c1ccccc21.O=C(O)C(F)(F)F. The molecule has 0 radical (unpaired) electrons. The van der Waals surface area contributed by atoms with Crippen molar-refractivity contribution in [1.82, 2.24) is 14.8 Å². The molecule has 0 bridgehead atoms.